The van der Waals surface area contributed by atoms with E-state index in [0.717, 1.165) is 57.5 Å². The van der Waals surface area contributed by atoms with Crippen LogP contribution in [0.15, 0.2) is 54.6 Å². The molecule has 2 fully saturated rings. The molecule has 0 aliphatic carbocycles. The minimum atomic E-state index is -0.195. The van der Waals surface area contributed by atoms with Gasteiger partial charge in [-0.1, -0.05) is 42.5 Å². The normalized spacial score (nSPS) is 24.6. The van der Waals surface area contributed by atoms with Crippen molar-refractivity contribution in [2.75, 3.05) is 32.8 Å². The smallest absolute Gasteiger partial charge is 0.123 e. The highest BCUT2D eigenvalue weighted by molar-refractivity contribution is 5.18. The van der Waals surface area contributed by atoms with E-state index in [-0.39, 0.29) is 17.8 Å². The first-order valence-electron chi connectivity index (χ1n) is 11.0. The SMILES string of the molecule is OC[C@@]1(Cc2ccc(F)cc2)CCCN(C2CCN(Cc3ccccc3)CC2)C1. The summed E-state index contributed by atoms with van der Waals surface area (Å²) in [4.78, 5) is 5.19. The zero-order valence-electron chi connectivity index (χ0n) is 17.3. The average Bonchev–Trinajstić information content (AvgIpc) is 2.77. The lowest BCUT2D eigenvalue weighted by Gasteiger charge is -2.47. The molecular weight excluding hydrogens is 363 g/mol. The molecule has 2 aromatic rings. The summed E-state index contributed by atoms with van der Waals surface area (Å²) < 4.78 is 13.3. The molecular formula is C25H33FN2O. The molecule has 1 atom stereocenters. The number of hydrogen-bond donors (Lipinski definition) is 1. The van der Waals surface area contributed by atoms with Gasteiger partial charge in [0.15, 0.2) is 0 Å². The average molecular weight is 397 g/mol. The van der Waals surface area contributed by atoms with Crippen molar-refractivity contribution < 1.29 is 9.50 Å². The van der Waals surface area contributed by atoms with E-state index in [9.17, 15) is 9.50 Å². The number of rotatable bonds is 6. The van der Waals surface area contributed by atoms with Crippen molar-refractivity contribution in [2.45, 2.75) is 44.7 Å². The van der Waals surface area contributed by atoms with Crippen LogP contribution >= 0.6 is 0 Å². The zero-order valence-corrected chi connectivity index (χ0v) is 17.3. The minimum absolute atomic E-state index is 0.0999. The van der Waals surface area contributed by atoms with Gasteiger partial charge in [-0.05, 0) is 75.0 Å². The van der Waals surface area contributed by atoms with Gasteiger partial charge >= 0.3 is 0 Å². The lowest BCUT2D eigenvalue weighted by Crippen LogP contribution is -2.53. The van der Waals surface area contributed by atoms with Gasteiger partial charge in [-0.2, -0.15) is 0 Å². The predicted octanol–water partition coefficient (Wildman–Crippen LogP) is 4.11. The summed E-state index contributed by atoms with van der Waals surface area (Å²) in [7, 11) is 0. The number of nitrogens with zero attached hydrogens (tertiary/aromatic N) is 2. The summed E-state index contributed by atoms with van der Waals surface area (Å²) in [6.45, 7) is 5.60. The number of halogens is 1. The second-order valence-electron chi connectivity index (χ2n) is 9.03. The van der Waals surface area contributed by atoms with Crippen molar-refractivity contribution in [3.8, 4) is 0 Å². The van der Waals surface area contributed by atoms with E-state index in [1.165, 1.54) is 30.5 Å². The van der Waals surface area contributed by atoms with Crippen LogP contribution in [-0.2, 0) is 13.0 Å². The van der Waals surface area contributed by atoms with Crippen molar-refractivity contribution in [3.63, 3.8) is 0 Å². The Kier molecular flexibility index (Phi) is 6.63. The maximum Gasteiger partial charge on any atom is 0.123 e. The van der Waals surface area contributed by atoms with Gasteiger partial charge < -0.3 is 5.11 Å². The molecule has 156 valence electrons. The van der Waals surface area contributed by atoms with Crippen LogP contribution in [0.25, 0.3) is 0 Å². The lowest BCUT2D eigenvalue weighted by atomic mass is 9.75. The number of hydrogen-bond acceptors (Lipinski definition) is 3. The van der Waals surface area contributed by atoms with Crippen LogP contribution in [-0.4, -0.2) is 53.7 Å². The third-order valence-corrected chi connectivity index (χ3v) is 6.84. The van der Waals surface area contributed by atoms with Crippen molar-refractivity contribution in [3.05, 3.63) is 71.5 Å². The molecule has 2 aromatic carbocycles. The van der Waals surface area contributed by atoms with Crippen LogP contribution < -0.4 is 0 Å². The van der Waals surface area contributed by atoms with Crippen LogP contribution in [0.1, 0.15) is 36.8 Å². The number of benzene rings is 2. The van der Waals surface area contributed by atoms with Gasteiger partial charge in [0.2, 0.25) is 0 Å². The van der Waals surface area contributed by atoms with Crippen LogP contribution in [0, 0.1) is 11.2 Å². The summed E-state index contributed by atoms with van der Waals surface area (Å²) in [6, 6.07) is 18.1. The number of piperidine rings is 2. The summed E-state index contributed by atoms with van der Waals surface area (Å²) in [5.74, 6) is -0.195. The Labute approximate surface area is 174 Å². The molecule has 0 bridgehead atoms. The number of likely N-dealkylation sites (tertiary alicyclic amines) is 2. The Morgan fingerprint density at radius 2 is 1.66 bits per heavy atom. The first-order valence-corrected chi connectivity index (χ1v) is 11.0. The predicted molar refractivity (Wildman–Crippen MR) is 115 cm³/mol. The van der Waals surface area contributed by atoms with E-state index in [4.69, 9.17) is 0 Å². The van der Waals surface area contributed by atoms with Gasteiger partial charge in [0, 0.05) is 24.5 Å². The molecule has 3 nitrogen and oxygen atoms in total. The molecule has 2 aliphatic rings. The Bertz CT molecular complexity index is 758. The molecule has 0 unspecified atom stereocenters. The third-order valence-electron chi connectivity index (χ3n) is 6.84. The molecule has 2 aliphatic heterocycles. The molecule has 0 saturated carbocycles. The van der Waals surface area contributed by atoms with E-state index in [0.29, 0.717) is 6.04 Å². The molecule has 29 heavy (non-hydrogen) atoms. The monoisotopic (exact) mass is 396 g/mol. The van der Waals surface area contributed by atoms with Crippen LogP contribution in [0.4, 0.5) is 4.39 Å². The maximum absolute atomic E-state index is 13.3. The Morgan fingerprint density at radius 1 is 0.931 bits per heavy atom. The zero-order chi connectivity index (χ0) is 20.1. The molecule has 2 heterocycles. The molecule has 0 aromatic heterocycles. The molecule has 4 heteroatoms. The summed E-state index contributed by atoms with van der Waals surface area (Å²) in [5.41, 5.74) is 2.42. The lowest BCUT2D eigenvalue weighted by molar-refractivity contribution is -0.00342. The van der Waals surface area contributed by atoms with Gasteiger partial charge in [-0.25, -0.2) is 4.39 Å². The highest BCUT2D eigenvalue weighted by Crippen LogP contribution is 2.35. The Morgan fingerprint density at radius 3 is 2.34 bits per heavy atom. The van der Waals surface area contributed by atoms with Gasteiger partial charge in [0.05, 0.1) is 6.61 Å². The fraction of sp³-hybridized carbons (Fsp3) is 0.520. The Hall–Kier alpha value is -1.75. The first-order chi connectivity index (χ1) is 14.2. The van der Waals surface area contributed by atoms with Crippen LogP contribution in [0.5, 0.6) is 0 Å². The van der Waals surface area contributed by atoms with E-state index in [2.05, 4.69) is 40.1 Å². The highest BCUT2D eigenvalue weighted by atomic mass is 19.1. The van der Waals surface area contributed by atoms with Crippen LogP contribution in [0.2, 0.25) is 0 Å². The van der Waals surface area contributed by atoms with E-state index in [1.807, 2.05) is 12.1 Å². The maximum atomic E-state index is 13.3. The third kappa shape index (κ3) is 5.25. The highest BCUT2D eigenvalue weighted by Gasteiger charge is 2.38. The van der Waals surface area contributed by atoms with Gasteiger partial charge in [-0.3, -0.25) is 9.80 Å². The molecule has 0 spiro atoms. The van der Waals surface area contributed by atoms with Crippen molar-refractivity contribution in [2.24, 2.45) is 5.41 Å². The van der Waals surface area contributed by atoms with Crippen molar-refractivity contribution in [1.82, 2.24) is 9.80 Å². The second kappa shape index (κ2) is 9.38. The van der Waals surface area contributed by atoms with Gasteiger partial charge in [0.1, 0.15) is 5.82 Å². The summed E-state index contributed by atoms with van der Waals surface area (Å²) in [6.07, 6.45) is 5.40. The van der Waals surface area contributed by atoms with Gasteiger partial charge in [-0.15, -0.1) is 0 Å². The van der Waals surface area contributed by atoms with E-state index < -0.39 is 0 Å². The first kappa shape index (κ1) is 20.5. The molecule has 1 N–H and O–H groups in total. The number of aliphatic hydroxyl groups is 1. The molecule has 0 radical (unpaired) electrons. The standard InChI is InChI=1S/C25H33FN2O/c26-23-9-7-21(8-10-23)17-25(20-29)13-4-14-28(19-25)24-11-15-27(16-12-24)18-22-5-2-1-3-6-22/h1-3,5-10,24,29H,4,11-20H2/t25-/m1/s1. The van der Waals surface area contributed by atoms with E-state index >= 15 is 0 Å². The molecule has 2 saturated heterocycles. The molecule has 4 rings (SSSR count). The van der Waals surface area contributed by atoms with E-state index in [1.54, 1.807) is 0 Å². The fourth-order valence-electron chi connectivity index (χ4n) is 5.21. The minimum Gasteiger partial charge on any atom is -0.396 e. The van der Waals surface area contributed by atoms with Gasteiger partial charge in [0.25, 0.3) is 0 Å². The quantitative estimate of drug-likeness (QED) is 0.796. The largest absolute Gasteiger partial charge is 0.396 e. The topological polar surface area (TPSA) is 26.7 Å². The van der Waals surface area contributed by atoms with Crippen molar-refractivity contribution in [1.29, 1.82) is 0 Å². The summed E-state index contributed by atoms with van der Waals surface area (Å²) in [5, 5.41) is 10.3. The van der Waals surface area contributed by atoms with Crippen molar-refractivity contribution >= 4 is 0 Å². The second-order valence-corrected chi connectivity index (χ2v) is 9.03. The van der Waals surface area contributed by atoms with Crippen LogP contribution in [0.3, 0.4) is 0 Å². The molecule has 0 amide bonds. The summed E-state index contributed by atoms with van der Waals surface area (Å²) >= 11 is 0. The Balaban J connectivity index is 1.33. The fourth-order valence-corrected chi connectivity index (χ4v) is 5.21. The number of aliphatic hydroxyl groups excluding tert-OH is 1.